The summed E-state index contributed by atoms with van der Waals surface area (Å²) in [7, 11) is 0. The van der Waals surface area contributed by atoms with Crippen LogP contribution in [0.4, 0.5) is 5.69 Å². The Morgan fingerprint density at radius 1 is 1.00 bits per heavy atom. The van der Waals surface area contributed by atoms with Gasteiger partial charge in [0.2, 0.25) is 0 Å². The second-order valence-electron chi connectivity index (χ2n) is 8.58. The fourth-order valence-electron chi connectivity index (χ4n) is 3.50. The second-order valence-corrected chi connectivity index (χ2v) is 9.01. The molecule has 0 aliphatic carbocycles. The lowest BCUT2D eigenvalue weighted by atomic mass is 10.1. The van der Waals surface area contributed by atoms with Crippen molar-refractivity contribution in [3.05, 3.63) is 83.1 Å². The van der Waals surface area contributed by atoms with E-state index in [0.717, 1.165) is 34.4 Å². The number of halogens is 1. The van der Waals surface area contributed by atoms with Gasteiger partial charge in [-0.2, -0.15) is 0 Å². The molecule has 4 aromatic rings. The van der Waals surface area contributed by atoms with Gasteiger partial charge in [0.15, 0.2) is 0 Å². The third-order valence-electron chi connectivity index (χ3n) is 5.17. The van der Waals surface area contributed by atoms with Crippen molar-refractivity contribution in [2.24, 2.45) is 0 Å². The van der Waals surface area contributed by atoms with Crippen molar-refractivity contribution in [2.45, 2.75) is 39.8 Å². The van der Waals surface area contributed by atoms with Crippen LogP contribution in [0.1, 0.15) is 32.0 Å². The van der Waals surface area contributed by atoms with E-state index in [2.05, 4.69) is 78.4 Å². The van der Waals surface area contributed by atoms with Gasteiger partial charge in [0.1, 0.15) is 0 Å². The van der Waals surface area contributed by atoms with Crippen molar-refractivity contribution in [3.8, 4) is 11.3 Å². The molecule has 30 heavy (non-hydrogen) atoms. The van der Waals surface area contributed by atoms with Gasteiger partial charge in [-0.25, -0.2) is 0 Å². The average molecular weight is 419 g/mol. The summed E-state index contributed by atoms with van der Waals surface area (Å²) in [5.74, 6) is 0. The van der Waals surface area contributed by atoms with E-state index in [-0.39, 0.29) is 5.54 Å². The Bertz CT molecular complexity index is 1170. The van der Waals surface area contributed by atoms with Crippen molar-refractivity contribution in [3.63, 3.8) is 0 Å². The predicted octanol–water partition coefficient (Wildman–Crippen LogP) is 6.43. The highest BCUT2D eigenvalue weighted by molar-refractivity contribution is 6.31. The molecule has 2 heterocycles. The van der Waals surface area contributed by atoms with Crippen LogP contribution in [0.2, 0.25) is 5.02 Å². The SMILES string of the molecule is Cc1c(CNC(C)(C)C)cc(-c2ccccc2)n1Nc1ccnc2cc(Cl)ccc12. The fraction of sp³-hybridized carbons (Fsp3) is 0.240. The van der Waals surface area contributed by atoms with Crippen molar-refractivity contribution in [1.29, 1.82) is 0 Å². The molecule has 0 aliphatic heterocycles. The summed E-state index contributed by atoms with van der Waals surface area (Å²) < 4.78 is 2.17. The third-order valence-corrected chi connectivity index (χ3v) is 5.40. The predicted molar refractivity (Wildman–Crippen MR) is 127 cm³/mol. The van der Waals surface area contributed by atoms with Gasteiger partial charge in [0, 0.05) is 39.9 Å². The van der Waals surface area contributed by atoms with Gasteiger partial charge in [-0.1, -0.05) is 41.9 Å². The number of hydrogen-bond donors (Lipinski definition) is 2. The lowest BCUT2D eigenvalue weighted by molar-refractivity contribution is 0.423. The zero-order valence-electron chi connectivity index (χ0n) is 17.8. The Balaban J connectivity index is 1.79. The maximum Gasteiger partial charge on any atom is 0.0738 e. The van der Waals surface area contributed by atoms with Crippen LogP contribution in [0.5, 0.6) is 0 Å². The minimum Gasteiger partial charge on any atom is -0.308 e. The molecular formula is C25H27ClN4. The van der Waals surface area contributed by atoms with E-state index in [1.165, 1.54) is 11.3 Å². The van der Waals surface area contributed by atoms with E-state index in [9.17, 15) is 0 Å². The number of hydrogen-bond acceptors (Lipinski definition) is 3. The van der Waals surface area contributed by atoms with Crippen LogP contribution in [-0.2, 0) is 6.54 Å². The molecule has 0 aliphatic rings. The van der Waals surface area contributed by atoms with Crippen molar-refractivity contribution in [1.82, 2.24) is 15.0 Å². The summed E-state index contributed by atoms with van der Waals surface area (Å²) in [6.07, 6.45) is 1.81. The number of rotatable bonds is 5. The van der Waals surface area contributed by atoms with Gasteiger partial charge in [0.25, 0.3) is 0 Å². The van der Waals surface area contributed by atoms with Crippen LogP contribution in [0.15, 0.2) is 66.9 Å². The number of anilines is 1. The molecule has 2 N–H and O–H groups in total. The molecule has 0 bridgehead atoms. The molecular weight excluding hydrogens is 392 g/mol. The Morgan fingerprint density at radius 2 is 1.77 bits per heavy atom. The molecule has 0 unspecified atom stereocenters. The quantitative estimate of drug-likeness (QED) is 0.392. The first-order valence-electron chi connectivity index (χ1n) is 10.1. The zero-order chi connectivity index (χ0) is 21.3. The number of fused-ring (bicyclic) bond motifs is 1. The number of aromatic nitrogens is 2. The Kier molecular flexibility index (Phi) is 5.54. The summed E-state index contributed by atoms with van der Waals surface area (Å²) in [5.41, 5.74) is 10.3. The molecule has 154 valence electrons. The zero-order valence-corrected chi connectivity index (χ0v) is 18.6. The highest BCUT2D eigenvalue weighted by atomic mass is 35.5. The van der Waals surface area contributed by atoms with Crippen molar-refractivity contribution in [2.75, 3.05) is 5.43 Å². The highest BCUT2D eigenvalue weighted by Crippen LogP contribution is 2.29. The molecule has 0 amide bonds. The minimum absolute atomic E-state index is 0.0510. The van der Waals surface area contributed by atoms with E-state index in [0.29, 0.717) is 5.02 Å². The molecule has 0 fully saturated rings. The minimum atomic E-state index is 0.0510. The smallest absolute Gasteiger partial charge is 0.0738 e. The average Bonchev–Trinajstić information content (AvgIpc) is 3.02. The first-order chi connectivity index (χ1) is 14.3. The molecule has 0 saturated heterocycles. The Hall–Kier alpha value is -2.82. The van der Waals surface area contributed by atoms with Crippen LogP contribution >= 0.6 is 11.6 Å². The molecule has 4 rings (SSSR count). The van der Waals surface area contributed by atoms with Gasteiger partial charge < -0.3 is 5.32 Å². The third kappa shape index (κ3) is 4.35. The molecule has 5 heteroatoms. The summed E-state index contributed by atoms with van der Waals surface area (Å²) in [4.78, 5) is 4.47. The maximum absolute atomic E-state index is 6.16. The van der Waals surface area contributed by atoms with E-state index in [1.807, 2.05) is 36.5 Å². The van der Waals surface area contributed by atoms with Crippen LogP contribution in [0, 0.1) is 6.92 Å². The number of benzene rings is 2. The van der Waals surface area contributed by atoms with Crippen LogP contribution < -0.4 is 10.7 Å². The second kappa shape index (κ2) is 8.13. The van der Waals surface area contributed by atoms with Gasteiger partial charge in [0.05, 0.1) is 16.9 Å². The summed E-state index contributed by atoms with van der Waals surface area (Å²) in [6, 6.07) is 20.5. The summed E-state index contributed by atoms with van der Waals surface area (Å²) >= 11 is 6.16. The standard InChI is InChI=1S/C25H27ClN4/c1-17-19(16-28-25(2,3)4)14-24(18-8-6-5-7-9-18)30(17)29-22-12-13-27-23-15-20(26)10-11-21(22)23/h5-15,28H,16H2,1-4H3,(H,27,29). The lowest BCUT2D eigenvalue weighted by Crippen LogP contribution is -2.35. The summed E-state index contributed by atoms with van der Waals surface area (Å²) in [6.45, 7) is 9.51. The van der Waals surface area contributed by atoms with E-state index >= 15 is 0 Å². The number of nitrogens with zero attached hydrogens (tertiary/aromatic N) is 2. The van der Waals surface area contributed by atoms with Gasteiger partial charge in [-0.3, -0.25) is 15.1 Å². The topological polar surface area (TPSA) is 41.9 Å². The fourth-order valence-corrected chi connectivity index (χ4v) is 3.67. The molecule has 0 spiro atoms. The molecule has 0 saturated carbocycles. The molecule has 0 radical (unpaired) electrons. The Morgan fingerprint density at radius 3 is 2.50 bits per heavy atom. The first-order valence-corrected chi connectivity index (χ1v) is 10.5. The number of pyridine rings is 1. The lowest BCUT2D eigenvalue weighted by Gasteiger charge is -2.20. The van der Waals surface area contributed by atoms with E-state index in [1.54, 1.807) is 0 Å². The maximum atomic E-state index is 6.16. The van der Waals surface area contributed by atoms with Crippen LogP contribution in [0.3, 0.4) is 0 Å². The number of nitrogens with one attached hydrogen (secondary N) is 2. The van der Waals surface area contributed by atoms with Crippen LogP contribution in [-0.4, -0.2) is 15.2 Å². The van der Waals surface area contributed by atoms with E-state index < -0.39 is 0 Å². The van der Waals surface area contributed by atoms with E-state index in [4.69, 9.17) is 11.6 Å². The van der Waals surface area contributed by atoms with Gasteiger partial charge >= 0.3 is 0 Å². The molecule has 4 nitrogen and oxygen atoms in total. The van der Waals surface area contributed by atoms with Crippen molar-refractivity contribution < 1.29 is 0 Å². The highest BCUT2D eigenvalue weighted by Gasteiger charge is 2.17. The largest absolute Gasteiger partial charge is 0.308 e. The normalized spacial score (nSPS) is 11.8. The Labute approximate surface area is 182 Å². The first kappa shape index (κ1) is 20.5. The molecule has 2 aromatic heterocycles. The molecule has 2 aromatic carbocycles. The van der Waals surface area contributed by atoms with Crippen molar-refractivity contribution >= 4 is 28.2 Å². The summed E-state index contributed by atoms with van der Waals surface area (Å²) in [5, 5.41) is 5.32. The van der Waals surface area contributed by atoms with Crippen LogP contribution in [0.25, 0.3) is 22.2 Å². The molecule has 0 atom stereocenters. The van der Waals surface area contributed by atoms with Gasteiger partial charge in [-0.05, 0) is 63.6 Å². The van der Waals surface area contributed by atoms with Gasteiger partial charge in [-0.15, -0.1) is 0 Å². The monoisotopic (exact) mass is 418 g/mol.